The Balaban J connectivity index is 2.00. The molecule has 2 aromatic rings. The van der Waals surface area contributed by atoms with Gasteiger partial charge in [-0.25, -0.2) is 4.79 Å². The SMILES string of the molecule is CC(C=CC(=O)C=O)NC(=O)C(Cc1ccccc1)NC(=O)OCc1ccccc1. The highest BCUT2D eigenvalue weighted by molar-refractivity contribution is 6.30. The monoisotopic (exact) mass is 408 g/mol. The van der Waals surface area contributed by atoms with Crippen LogP contribution in [-0.2, 0) is 32.1 Å². The molecule has 156 valence electrons. The third kappa shape index (κ3) is 8.10. The highest BCUT2D eigenvalue weighted by atomic mass is 16.5. The zero-order chi connectivity index (χ0) is 21.8. The Labute approximate surface area is 175 Å². The van der Waals surface area contributed by atoms with E-state index in [-0.39, 0.29) is 19.3 Å². The third-order valence-electron chi connectivity index (χ3n) is 4.14. The fraction of sp³-hybridized carbons (Fsp3) is 0.217. The number of allylic oxidation sites excluding steroid dienone is 1. The number of carbonyl (C=O) groups is 4. The van der Waals surface area contributed by atoms with Crippen LogP contribution in [0.5, 0.6) is 0 Å². The van der Waals surface area contributed by atoms with Crippen LogP contribution in [-0.4, -0.2) is 36.2 Å². The summed E-state index contributed by atoms with van der Waals surface area (Å²) in [5, 5.41) is 5.29. The van der Waals surface area contributed by atoms with Crippen LogP contribution in [0.15, 0.2) is 72.8 Å². The van der Waals surface area contributed by atoms with Crippen molar-refractivity contribution in [1.29, 1.82) is 0 Å². The molecule has 0 aromatic heterocycles. The minimum atomic E-state index is -0.881. The predicted octanol–water partition coefficient (Wildman–Crippen LogP) is 2.35. The summed E-state index contributed by atoms with van der Waals surface area (Å²) in [6.45, 7) is 1.74. The molecule has 0 aliphatic carbocycles. The zero-order valence-electron chi connectivity index (χ0n) is 16.6. The van der Waals surface area contributed by atoms with Gasteiger partial charge in [-0.15, -0.1) is 0 Å². The minimum Gasteiger partial charge on any atom is -0.445 e. The number of ether oxygens (including phenoxy) is 1. The summed E-state index contributed by atoms with van der Waals surface area (Å²) in [6.07, 6.45) is 2.23. The lowest BCUT2D eigenvalue weighted by Crippen LogP contribution is -2.50. The molecule has 2 atom stereocenters. The molecule has 0 aliphatic heterocycles. The van der Waals surface area contributed by atoms with Gasteiger partial charge in [0.1, 0.15) is 12.6 Å². The summed E-state index contributed by atoms with van der Waals surface area (Å²) in [5.41, 5.74) is 1.69. The molecular weight excluding hydrogens is 384 g/mol. The molecule has 2 amide bonds. The van der Waals surface area contributed by atoms with Crippen LogP contribution in [0.3, 0.4) is 0 Å². The summed E-state index contributed by atoms with van der Waals surface area (Å²) < 4.78 is 5.22. The van der Waals surface area contributed by atoms with Gasteiger partial charge >= 0.3 is 6.09 Å². The second-order valence-electron chi connectivity index (χ2n) is 6.62. The molecule has 2 N–H and O–H groups in total. The second kappa shape index (κ2) is 12.0. The standard InChI is InChI=1S/C23H24N2O5/c1-17(12-13-20(27)15-26)24-22(28)21(14-18-8-4-2-5-9-18)25-23(29)30-16-19-10-6-3-7-11-19/h2-13,15,17,21H,14,16H2,1H3,(H,24,28)(H,25,29). The predicted molar refractivity (Wildman–Crippen MR) is 112 cm³/mol. The molecule has 0 heterocycles. The average Bonchev–Trinajstić information content (AvgIpc) is 2.77. The van der Waals surface area contributed by atoms with Gasteiger partial charge < -0.3 is 15.4 Å². The summed E-state index contributed by atoms with van der Waals surface area (Å²) in [5.74, 6) is -1.13. The third-order valence-corrected chi connectivity index (χ3v) is 4.14. The van der Waals surface area contributed by atoms with Crippen molar-refractivity contribution in [2.24, 2.45) is 0 Å². The fourth-order valence-corrected chi connectivity index (χ4v) is 2.62. The number of ketones is 1. The average molecular weight is 408 g/mol. The molecule has 7 nitrogen and oxygen atoms in total. The van der Waals surface area contributed by atoms with Crippen molar-refractivity contribution in [3.63, 3.8) is 0 Å². The number of hydrogen-bond acceptors (Lipinski definition) is 5. The number of rotatable bonds is 10. The zero-order valence-corrected chi connectivity index (χ0v) is 16.6. The summed E-state index contributed by atoms with van der Waals surface area (Å²) in [4.78, 5) is 46.4. The Bertz CT molecular complexity index is 881. The number of aldehydes is 1. The quantitative estimate of drug-likeness (QED) is 0.357. The van der Waals surface area contributed by atoms with Crippen LogP contribution in [0.4, 0.5) is 4.79 Å². The molecule has 0 fully saturated rings. The van der Waals surface area contributed by atoms with Crippen molar-refractivity contribution >= 4 is 24.1 Å². The lowest BCUT2D eigenvalue weighted by molar-refractivity contribution is -0.126. The van der Waals surface area contributed by atoms with Crippen LogP contribution >= 0.6 is 0 Å². The van der Waals surface area contributed by atoms with Crippen molar-refractivity contribution in [3.05, 3.63) is 83.9 Å². The van der Waals surface area contributed by atoms with Crippen LogP contribution in [0, 0.1) is 0 Å². The molecule has 0 spiro atoms. The summed E-state index contributed by atoms with van der Waals surface area (Å²) >= 11 is 0. The van der Waals surface area contributed by atoms with Crippen molar-refractivity contribution in [2.45, 2.75) is 32.0 Å². The van der Waals surface area contributed by atoms with Crippen molar-refractivity contribution in [2.75, 3.05) is 0 Å². The molecule has 2 aromatic carbocycles. The maximum atomic E-state index is 12.7. The number of alkyl carbamates (subject to hydrolysis) is 1. The first-order valence-corrected chi connectivity index (χ1v) is 9.46. The van der Waals surface area contributed by atoms with E-state index in [1.165, 1.54) is 6.08 Å². The van der Waals surface area contributed by atoms with Crippen LogP contribution < -0.4 is 10.6 Å². The number of hydrogen-bond donors (Lipinski definition) is 2. The first-order chi connectivity index (χ1) is 14.5. The molecule has 0 saturated carbocycles. The second-order valence-corrected chi connectivity index (χ2v) is 6.62. The van der Waals surface area contributed by atoms with Gasteiger partial charge in [0.2, 0.25) is 11.7 Å². The lowest BCUT2D eigenvalue weighted by atomic mass is 10.1. The van der Waals surface area contributed by atoms with Crippen molar-refractivity contribution in [1.82, 2.24) is 10.6 Å². The Hall–Kier alpha value is -3.74. The highest BCUT2D eigenvalue weighted by Crippen LogP contribution is 2.06. The van der Waals surface area contributed by atoms with Crippen molar-refractivity contribution < 1.29 is 23.9 Å². The Morgan fingerprint density at radius 3 is 2.13 bits per heavy atom. The van der Waals surface area contributed by atoms with E-state index in [2.05, 4.69) is 10.6 Å². The number of carbonyl (C=O) groups excluding carboxylic acids is 4. The molecule has 2 unspecified atom stereocenters. The normalized spacial score (nSPS) is 12.6. The van der Waals surface area contributed by atoms with Gasteiger partial charge in [0.05, 0.1) is 0 Å². The van der Waals surface area contributed by atoms with E-state index in [1.54, 1.807) is 6.92 Å². The smallest absolute Gasteiger partial charge is 0.408 e. The van der Waals surface area contributed by atoms with E-state index in [0.717, 1.165) is 17.2 Å². The number of nitrogens with one attached hydrogen (secondary N) is 2. The van der Waals surface area contributed by atoms with E-state index < -0.39 is 29.9 Å². The van der Waals surface area contributed by atoms with Crippen molar-refractivity contribution in [3.8, 4) is 0 Å². The topological polar surface area (TPSA) is 102 Å². The van der Waals surface area contributed by atoms with E-state index in [9.17, 15) is 19.2 Å². The molecule has 0 aliphatic rings. The van der Waals surface area contributed by atoms with Crippen LogP contribution in [0.1, 0.15) is 18.1 Å². The maximum absolute atomic E-state index is 12.7. The molecule has 2 rings (SSSR count). The van der Waals surface area contributed by atoms with Gasteiger partial charge in [-0.1, -0.05) is 66.7 Å². The van der Waals surface area contributed by atoms with Gasteiger partial charge in [0, 0.05) is 12.5 Å². The van der Waals surface area contributed by atoms with Gasteiger partial charge in [-0.05, 0) is 24.1 Å². The van der Waals surface area contributed by atoms with Gasteiger partial charge in [0.25, 0.3) is 0 Å². The number of amides is 2. The van der Waals surface area contributed by atoms with E-state index in [4.69, 9.17) is 4.74 Å². The number of benzene rings is 2. The molecular formula is C23H24N2O5. The van der Waals surface area contributed by atoms with E-state index >= 15 is 0 Å². The molecule has 0 saturated heterocycles. The van der Waals surface area contributed by atoms with Crippen LogP contribution in [0.2, 0.25) is 0 Å². The Kier molecular flexibility index (Phi) is 8.99. The summed E-state index contributed by atoms with van der Waals surface area (Å²) in [7, 11) is 0. The van der Waals surface area contributed by atoms with Gasteiger partial charge in [-0.2, -0.15) is 0 Å². The molecule has 30 heavy (non-hydrogen) atoms. The van der Waals surface area contributed by atoms with Gasteiger partial charge in [-0.3, -0.25) is 14.4 Å². The Morgan fingerprint density at radius 2 is 1.53 bits per heavy atom. The van der Waals surface area contributed by atoms with E-state index in [1.807, 2.05) is 60.7 Å². The van der Waals surface area contributed by atoms with Gasteiger partial charge in [0.15, 0.2) is 6.29 Å². The first kappa shape index (κ1) is 22.5. The minimum absolute atomic E-state index is 0.0826. The largest absolute Gasteiger partial charge is 0.445 e. The van der Waals surface area contributed by atoms with Crippen LogP contribution in [0.25, 0.3) is 0 Å². The molecule has 0 radical (unpaired) electrons. The fourth-order valence-electron chi connectivity index (χ4n) is 2.62. The van der Waals surface area contributed by atoms with E-state index in [0.29, 0.717) is 0 Å². The highest BCUT2D eigenvalue weighted by Gasteiger charge is 2.23. The molecule has 0 bridgehead atoms. The molecule has 7 heteroatoms. The first-order valence-electron chi connectivity index (χ1n) is 9.46. The maximum Gasteiger partial charge on any atom is 0.408 e. The summed E-state index contributed by atoms with van der Waals surface area (Å²) in [6, 6.07) is 17.1. The lowest BCUT2D eigenvalue weighted by Gasteiger charge is -2.20. The Morgan fingerprint density at radius 1 is 0.933 bits per heavy atom.